The molecule has 0 fully saturated rings. The van der Waals surface area contributed by atoms with E-state index in [1.165, 1.54) is 24.3 Å². The summed E-state index contributed by atoms with van der Waals surface area (Å²) in [6.45, 7) is -0.594. The third kappa shape index (κ3) is 2.80. The first kappa shape index (κ1) is 16.8. The molecule has 1 N–H and O–H groups in total. The number of carbonyl (C=O) groups excluding carboxylic acids is 1. The molecular weight excluding hydrogens is 350 g/mol. The molecule has 1 aliphatic rings. The van der Waals surface area contributed by atoms with Gasteiger partial charge in [-0.25, -0.2) is 0 Å². The van der Waals surface area contributed by atoms with Gasteiger partial charge < -0.3 is 5.32 Å². The van der Waals surface area contributed by atoms with Gasteiger partial charge in [-0.1, -0.05) is 30.3 Å². The number of para-hydroxylation sites is 1. The van der Waals surface area contributed by atoms with Crippen molar-refractivity contribution < 1.29 is 14.6 Å². The third-order valence-corrected chi connectivity index (χ3v) is 4.85. The summed E-state index contributed by atoms with van der Waals surface area (Å²) in [5, 5.41) is 24.6. The summed E-state index contributed by atoms with van der Waals surface area (Å²) in [7, 11) is 0. The van der Waals surface area contributed by atoms with Gasteiger partial charge >= 0.3 is 0 Å². The van der Waals surface area contributed by atoms with Gasteiger partial charge in [-0.15, -0.1) is 11.6 Å². The molecule has 2 atom stereocenters. The van der Waals surface area contributed by atoms with Crippen LogP contribution in [0.1, 0.15) is 17.0 Å². The van der Waals surface area contributed by atoms with Crippen molar-refractivity contribution >= 4 is 28.9 Å². The lowest BCUT2D eigenvalue weighted by Gasteiger charge is -2.27. The Labute approximate surface area is 146 Å². The number of nitrogens with one attached hydrogen (secondary N) is 1. The molecule has 2 aromatic rings. The van der Waals surface area contributed by atoms with E-state index in [0.29, 0.717) is 16.8 Å². The number of anilines is 1. The zero-order chi connectivity index (χ0) is 18.2. The van der Waals surface area contributed by atoms with Gasteiger partial charge in [0.25, 0.3) is 11.6 Å². The maximum Gasteiger partial charge on any atom is 0.269 e. The molecule has 0 unspecified atom stereocenters. The van der Waals surface area contributed by atoms with Gasteiger partial charge in [-0.05, 0) is 11.6 Å². The van der Waals surface area contributed by atoms with Gasteiger partial charge in [0.15, 0.2) is 4.87 Å². The largest absolute Gasteiger partial charge is 0.324 e. The minimum atomic E-state index is -1.67. The monoisotopic (exact) mass is 361 g/mol. The van der Waals surface area contributed by atoms with Crippen LogP contribution >= 0.6 is 11.6 Å². The number of alkyl halides is 1. The highest BCUT2D eigenvalue weighted by molar-refractivity contribution is 6.39. The molecule has 1 amide bonds. The van der Waals surface area contributed by atoms with Crippen molar-refractivity contribution in [2.75, 3.05) is 11.9 Å². The average Bonchev–Trinajstić information content (AvgIpc) is 2.84. The highest BCUT2D eigenvalue weighted by Gasteiger charge is 2.53. The molecule has 9 heteroatoms. The van der Waals surface area contributed by atoms with Gasteiger partial charge in [0.1, 0.15) is 0 Å². The number of benzene rings is 2. The molecule has 0 radical (unpaired) electrons. The van der Waals surface area contributed by atoms with Crippen molar-refractivity contribution in [2.24, 2.45) is 0 Å². The predicted molar refractivity (Wildman–Crippen MR) is 90.3 cm³/mol. The van der Waals surface area contributed by atoms with E-state index in [4.69, 9.17) is 11.6 Å². The SMILES string of the molecule is O=C1Nc2ccccc2[C@]1(Cl)[C@H](C[N+](=O)[O-])c1ccc([N+](=O)[O-])cc1. The number of hydrogen-bond donors (Lipinski definition) is 1. The number of hydrogen-bond acceptors (Lipinski definition) is 5. The minimum Gasteiger partial charge on any atom is -0.324 e. The number of nitro groups is 2. The lowest BCUT2D eigenvalue weighted by Crippen LogP contribution is -2.38. The van der Waals surface area contributed by atoms with Crippen LogP contribution in [0.2, 0.25) is 0 Å². The normalized spacial score (nSPS) is 19.8. The van der Waals surface area contributed by atoms with Crippen molar-refractivity contribution in [2.45, 2.75) is 10.8 Å². The second-order valence-corrected chi connectivity index (χ2v) is 6.22. The summed E-state index contributed by atoms with van der Waals surface area (Å²) in [4.78, 5) is 31.7. The lowest BCUT2D eigenvalue weighted by atomic mass is 9.81. The second kappa shape index (κ2) is 6.14. The fourth-order valence-corrected chi connectivity index (χ4v) is 3.44. The Bertz CT molecular complexity index is 870. The van der Waals surface area contributed by atoms with Crippen LogP contribution in [0.4, 0.5) is 11.4 Å². The number of carbonyl (C=O) groups is 1. The summed E-state index contributed by atoms with van der Waals surface area (Å²) < 4.78 is 0. The molecule has 2 aromatic carbocycles. The number of fused-ring (bicyclic) bond motifs is 1. The fourth-order valence-electron chi connectivity index (χ4n) is 3.03. The Kier molecular flexibility index (Phi) is 4.13. The molecule has 1 aliphatic heterocycles. The number of nitro benzene ring substituents is 1. The summed E-state index contributed by atoms with van der Waals surface area (Å²) in [5.41, 5.74) is 1.18. The zero-order valence-electron chi connectivity index (χ0n) is 12.7. The molecule has 0 bridgehead atoms. The Morgan fingerprint density at radius 1 is 1.08 bits per heavy atom. The van der Waals surface area contributed by atoms with E-state index in [0.717, 1.165) is 0 Å². The number of nitrogens with zero attached hydrogens (tertiary/aromatic N) is 2. The molecule has 8 nitrogen and oxygen atoms in total. The number of amides is 1. The Morgan fingerprint density at radius 2 is 1.72 bits per heavy atom. The standard InChI is InChI=1S/C16H12ClN3O5/c17-16(12-3-1-2-4-14(12)18-15(16)21)13(9-19(22)23)10-5-7-11(8-6-10)20(24)25/h1-8,13H,9H2,(H,18,21)/t13-,16+/m1/s1. The average molecular weight is 362 g/mol. The second-order valence-electron chi connectivity index (χ2n) is 5.63. The third-order valence-electron chi connectivity index (χ3n) is 4.22. The highest BCUT2D eigenvalue weighted by atomic mass is 35.5. The minimum absolute atomic E-state index is 0.150. The van der Waals surface area contributed by atoms with Crippen molar-refractivity contribution in [1.29, 1.82) is 0 Å². The molecule has 1 heterocycles. The molecule has 25 heavy (non-hydrogen) atoms. The smallest absolute Gasteiger partial charge is 0.269 e. The first-order valence-corrected chi connectivity index (χ1v) is 7.68. The van der Waals surface area contributed by atoms with E-state index in [-0.39, 0.29) is 5.69 Å². The molecule has 3 rings (SSSR count). The first-order valence-electron chi connectivity index (χ1n) is 7.30. The maximum absolute atomic E-state index is 12.6. The molecule has 0 aromatic heterocycles. The van der Waals surface area contributed by atoms with Crippen LogP contribution in [-0.4, -0.2) is 22.3 Å². The van der Waals surface area contributed by atoms with Gasteiger partial charge in [0, 0.05) is 28.3 Å². The van der Waals surface area contributed by atoms with Crippen LogP contribution in [0, 0.1) is 20.2 Å². The first-order chi connectivity index (χ1) is 11.8. The summed E-state index contributed by atoms with van der Waals surface area (Å²) >= 11 is 6.65. The molecule has 0 saturated carbocycles. The van der Waals surface area contributed by atoms with E-state index in [1.807, 2.05) is 0 Å². The molecule has 0 spiro atoms. The van der Waals surface area contributed by atoms with E-state index in [1.54, 1.807) is 24.3 Å². The van der Waals surface area contributed by atoms with Crippen LogP contribution in [0.15, 0.2) is 48.5 Å². The van der Waals surface area contributed by atoms with Crippen LogP contribution in [0.25, 0.3) is 0 Å². The van der Waals surface area contributed by atoms with Crippen molar-refractivity contribution in [3.05, 3.63) is 79.9 Å². The quantitative estimate of drug-likeness (QED) is 0.499. The van der Waals surface area contributed by atoms with Gasteiger partial charge in [0.2, 0.25) is 6.54 Å². The van der Waals surface area contributed by atoms with Crippen molar-refractivity contribution in [3.63, 3.8) is 0 Å². The van der Waals surface area contributed by atoms with Crippen LogP contribution in [0.5, 0.6) is 0 Å². The van der Waals surface area contributed by atoms with Crippen molar-refractivity contribution in [3.8, 4) is 0 Å². The lowest BCUT2D eigenvalue weighted by molar-refractivity contribution is -0.484. The summed E-state index contributed by atoms with van der Waals surface area (Å²) in [6.07, 6.45) is 0. The molecular formula is C16H12ClN3O5. The van der Waals surface area contributed by atoms with E-state index >= 15 is 0 Å². The fraction of sp³-hybridized carbons (Fsp3) is 0.188. The van der Waals surface area contributed by atoms with E-state index < -0.39 is 33.1 Å². The van der Waals surface area contributed by atoms with E-state index in [9.17, 15) is 25.0 Å². The topological polar surface area (TPSA) is 115 Å². The summed E-state index contributed by atoms with van der Waals surface area (Å²) in [5.74, 6) is -1.55. The molecule has 128 valence electrons. The Hall–Kier alpha value is -3.00. The van der Waals surface area contributed by atoms with Crippen molar-refractivity contribution in [1.82, 2.24) is 0 Å². The Balaban J connectivity index is 2.11. The van der Waals surface area contributed by atoms with E-state index in [2.05, 4.69) is 5.32 Å². The van der Waals surface area contributed by atoms with Crippen LogP contribution in [-0.2, 0) is 9.67 Å². The highest BCUT2D eigenvalue weighted by Crippen LogP contribution is 2.50. The maximum atomic E-state index is 12.6. The van der Waals surface area contributed by atoms with Crippen LogP contribution in [0.3, 0.4) is 0 Å². The number of halogens is 1. The molecule has 0 aliphatic carbocycles. The van der Waals surface area contributed by atoms with Gasteiger partial charge in [-0.2, -0.15) is 0 Å². The Morgan fingerprint density at radius 3 is 2.32 bits per heavy atom. The predicted octanol–water partition coefficient (Wildman–Crippen LogP) is 3.04. The zero-order valence-corrected chi connectivity index (χ0v) is 13.5. The van der Waals surface area contributed by atoms with Gasteiger partial charge in [-0.3, -0.25) is 25.0 Å². The summed E-state index contributed by atoms with van der Waals surface area (Å²) in [6, 6.07) is 12.0. The number of non-ortho nitro benzene ring substituents is 1. The van der Waals surface area contributed by atoms with Crippen LogP contribution < -0.4 is 5.32 Å². The van der Waals surface area contributed by atoms with Gasteiger partial charge in [0.05, 0.1) is 10.8 Å². The number of rotatable bonds is 5. The molecule has 0 saturated heterocycles.